The number of nitrogens with zero attached hydrogens (tertiary/aromatic N) is 4. The molecule has 0 N–H and O–H groups in total. The molecule has 0 aromatic carbocycles. The number of hydrogen-bond acceptors (Lipinski definition) is 4. The summed E-state index contributed by atoms with van der Waals surface area (Å²) in [6.45, 7) is 1.83. The number of likely N-dealkylation sites (N-methyl/N-ethyl adjacent to an activating group) is 1. The summed E-state index contributed by atoms with van der Waals surface area (Å²) in [5.41, 5.74) is 0.782. The fourth-order valence-corrected chi connectivity index (χ4v) is 1.47. The molecule has 0 fully saturated rings. The smallest absolute Gasteiger partial charge is 0.151 e. The van der Waals surface area contributed by atoms with Crippen molar-refractivity contribution in [3.05, 3.63) is 5.69 Å². The van der Waals surface area contributed by atoms with Crippen molar-refractivity contribution in [2.24, 2.45) is 0 Å². The SMILES string of the molecule is CN1CCn2nnc(CC=O)c21. The highest BCUT2D eigenvalue weighted by Gasteiger charge is 2.21. The molecule has 0 radical (unpaired) electrons. The Bertz CT molecular complexity index is 306. The van der Waals surface area contributed by atoms with Crippen LogP contribution in [0.15, 0.2) is 0 Å². The summed E-state index contributed by atoms with van der Waals surface area (Å²) in [6, 6.07) is 0. The van der Waals surface area contributed by atoms with Crippen LogP contribution < -0.4 is 4.90 Å². The van der Waals surface area contributed by atoms with Crippen LogP contribution in [0.4, 0.5) is 5.82 Å². The van der Waals surface area contributed by atoms with E-state index in [-0.39, 0.29) is 0 Å². The van der Waals surface area contributed by atoms with E-state index >= 15 is 0 Å². The first kappa shape index (κ1) is 7.27. The lowest BCUT2D eigenvalue weighted by Gasteiger charge is -2.08. The maximum absolute atomic E-state index is 10.3. The zero-order valence-electron chi connectivity index (χ0n) is 6.90. The fraction of sp³-hybridized carbons (Fsp3) is 0.571. The molecule has 1 aromatic heterocycles. The van der Waals surface area contributed by atoms with Gasteiger partial charge in [-0.1, -0.05) is 5.21 Å². The quantitative estimate of drug-likeness (QED) is 0.554. The molecule has 0 aliphatic carbocycles. The molecule has 0 saturated carbocycles. The molecule has 0 saturated heterocycles. The second kappa shape index (κ2) is 2.58. The third kappa shape index (κ3) is 0.895. The minimum atomic E-state index is 0.361. The summed E-state index contributed by atoms with van der Waals surface area (Å²) in [5.74, 6) is 0.988. The van der Waals surface area contributed by atoms with Gasteiger partial charge in [-0.25, -0.2) is 4.68 Å². The van der Waals surface area contributed by atoms with Gasteiger partial charge in [0.15, 0.2) is 5.82 Å². The largest absolute Gasteiger partial charge is 0.356 e. The van der Waals surface area contributed by atoms with E-state index in [4.69, 9.17) is 0 Å². The van der Waals surface area contributed by atoms with Crippen molar-refractivity contribution in [2.45, 2.75) is 13.0 Å². The molecular formula is C7H10N4O. The minimum Gasteiger partial charge on any atom is -0.356 e. The Morgan fingerprint density at radius 1 is 1.58 bits per heavy atom. The third-order valence-electron chi connectivity index (χ3n) is 2.06. The summed E-state index contributed by atoms with van der Waals surface area (Å²) in [4.78, 5) is 12.4. The van der Waals surface area contributed by atoms with E-state index in [9.17, 15) is 4.79 Å². The van der Waals surface area contributed by atoms with Crippen molar-refractivity contribution in [3.8, 4) is 0 Å². The lowest BCUT2D eigenvalue weighted by atomic mass is 10.3. The number of rotatable bonds is 2. The van der Waals surface area contributed by atoms with E-state index in [1.807, 2.05) is 11.7 Å². The van der Waals surface area contributed by atoms with E-state index in [1.54, 1.807) is 0 Å². The predicted molar refractivity (Wildman–Crippen MR) is 43.1 cm³/mol. The molecule has 12 heavy (non-hydrogen) atoms. The number of anilines is 1. The van der Waals surface area contributed by atoms with Gasteiger partial charge >= 0.3 is 0 Å². The van der Waals surface area contributed by atoms with Gasteiger partial charge in [0.2, 0.25) is 0 Å². The van der Waals surface area contributed by atoms with Crippen LogP contribution in [0.25, 0.3) is 0 Å². The van der Waals surface area contributed by atoms with Gasteiger partial charge in [0.1, 0.15) is 12.0 Å². The Kier molecular flexibility index (Phi) is 1.56. The highest BCUT2D eigenvalue weighted by atomic mass is 16.1. The van der Waals surface area contributed by atoms with Crippen LogP contribution in [0.2, 0.25) is 0 Å². The topological polar surface area (TPSA) is 51.0 Å². The van der Waals surface area contributed by atoms with Crippen molar-refractivity contribution >= 4 is 12.1 Å². The predicted octanol–water partition coefficient (Wildman–Crippen LogP) is -0.531. The number of carbonyl (C=O) groups excluding carboxylic acids is 1. The van der Waals surface area contributed by atoms with Crippen molar-refractivity contribution in [3.63, 3.8) is 0 Å². The first-order valence-corrected chi connectivity index (χ1v) is 3.90. The maximum atomic E-state index is 10.3. The summed E-state index contributed by atoms with van der Waals surface area (Å²) in [6.07, 6.45) is 1.22. The van der Waals surface area contributed by atoms with Gasteiger partial charge in [-0.15, -0.1) is 5.10 Å². The van der Waals surface area contributed by atoms with Crippen LogP contribution in [0.1, 0.15) is 5.69 Å². The first-order chi connectivity index (χ1) is 5.83. The standard InChI is InChI=1S/C7H10N4O/c1-10-3-4-11-7(10)6(2-5-12)8-9-11/h5H,2-4H2,1H3. The van der Waals surface area contributed by atoms with Crippen molar-refractivity contribution in [1.29, 1.82) is 0 Å². The number of fused-ring (bicyclic) bond motifs is 1. The Morgan fingerprint density at radius 2 is 2.42 bits per heavy atom. The van der Waals surface area contributed by atoms with E-state index in [0.717, 1.165) is 30.9 Å². The molecule has 5 nitrogen and oxygen atoms in total. The number of aldehydes is 1. The third-order valence-corrected chi connectivity index (χ3v) is 2.06. The molecular weight excluding hydrogens is 156 g/mol. The summed E-state index contributed by atoms with van der Waals surface area (Å²) in [7, 11) is 1.98. The highest BCUT2D eigenvalue weighted by Crippen LogP contribution is 2.21. The average Bonchev–Trinajstić information content (AvgIpc) is 2.58. The molecule has 64 valence electrons. The Morgan fingerprint density at radius 3 is 3.17 bits per heavy atom. The number of aromatic nitrogens is 3. The molecule has 0 spiro atoms. The van der Waals surface area contributed by atoms with Crippen molar-refractivity contribution in [1.82, 2.24) is 15.0 Å². The van der Waals surface area contributed by atoms with Gasteiger partial charge in [-0.2, -0.15) is 0 Å². The summed E-state index contributed by atoms with van der Waals surface area (Å²) < 4.78 is 1.83. The van der Waals surface area contributed by atoms with E-state index in [0.29, 0.717) is 6.42 Å². The zero-order valence-corrected chi connectivity index (χ0v) is 6.90. The summed E-state index contributed by atoms with van der Waals surface area (Å²) >= 11 is 0. The highest BCUT2D eigenvalue weighted by molar-refractivity contribution is 5.59. The van der Waals surface area contributed by atoms with Crippen LogP contribution in [-0.2, 0) is 17.8 Å². The fourth-order valence-electron chi connectivity index (χ4n) is 1.47. The zero-order chi connectivity index (χ0) is 8.55. The van der Waals surface area contributed by atoms with Crippen LogP contribution >= 0.6 is 0 Å². The van der Waals surface area contributed by atoms with Crippen LogP contribution in [0.3, 0.4) is 0 Å². The molecule has 0 bridgehead atoms. The molecule has 1 aliphatic rings. The van der Waals surface area contributed by atoms with Gasteiger partial charge in [0.05, 0.1) is 13.0 Å². The number of carbonyl (C=O) groups is 1. The second-order valence-corrected chi connectivity index (χ2v) is 2.88. The van der Waals surface area contributed by atoms with E-state index in [1.165, 1.54) is 0 Å². The molecule has 0 unspecified atom stereocenters. The lowest BCUT2D eigenvalue weighted by molar-refractivity contribution is -0.107. The normalized spacial score (nSPS) is 14.9. The van der Waals surface area contributed by atoms with Crippen LogP contribution in [-0.4, -0.2) is 34.9 Å². The Labute approximate surface area is 70.0 Å². The lowest BCUT2D eigenvalue weighted by Crippen LogP contribution is -2.14. The van der Waals surface area contributed by atoms with Crippen LogP contribution in [0.5, 0.6) is 0 Å². The molecule has 0 amide bonds. The molecule has 2 rings (SSSR count). The molecule has 1 aromatic rings. The maximum Gasteiger partial charge on any atom is 0.151 e. The Hall–Kier alpha value is -1.39. The summed E-state index contributed by atoms with van der Waals surface area (Å²) in [5, 5.41) is 7.85. The molecule has 5 heteroatoms. The van der Waals surface area contributed by atoms with E-state index < -0.39 is 0 Å². The van der Waals surface area contributed by atoms with Gasteiger partial charge in [0.25, 0.3) is 0 Å². The monoisotopic (exact) mass is 166 g/mol. The Balaban J connectivity index is 2.38. The van der Waals surface area contributed by atoms with Crippen molar-refractivity contribution in [2.75, 3.05) is 18.5 Å². The number of hydrogen-bond donors (Lipinski definition) is 0. The molecule has 1 aliphatic heterocycles. The van der Waals surface area contributed by atoms with Gasteiger partial charge in [-0.05, 0) is 0 Å². The van der Waals surface area contributed by atoms with Gasteiger partial charge in [0, 0.05) is 13.6 Å². The van der Waals surface area contributed by atoms with Gasteiger partial charge in [-0.3, -0.25) is 0 Å². The minimum absolute atomic E-state index is 0.361. The molecule has 0 atom stereocenters. The molecule has 2 heterocycles. The first-order valence-electron chi connectivity index (χ1n) is 3.90. The van der Waals surface area contributed by atoms with E-state index in [2.05, 4.69) is 15.2 Å². The van der Waals surface area contributed by atoms with Gasteiger partial charge < -0.3 is 9.69 Å². The second-order valence-electron chi connectivity index (χ2n) is 2.88. The average molecular weight is 166 g/mol. The van der Waals surface area contributed by atoms with Crippen molar-refractivity contribution < 1.29 is 4.79 Å². The van der Waals surface area contributed by atoms with Crippen LogP contribution in [0, 0.1) is 0 Å².